The van der Waals surface area contributed by atoms with Gasteiger partial charge in [0.2, 0.25) is 0 Å². The smallest absolute Gasteiger partial charge is 0.302 e. The van der Waals surface area contributed by atoms with Gasteiger partial charge in [-0.2, -0.15) is 4.65 Å². The Labute approximate surface area is 90.4 Å². The Balaban J connectivity index is 0. The van der Waals surface area contributed by atoms with Crippen LogP contribution in [-0.2, 0) is 14.4 Å². The molecule has 0 radical (unpaired) electrons. The van der Waals surface area contributed by atoms with Crippen molar-refractivity contribution in [3.63, 3.8) is 0 Å². The molecule has 0 fully saturated rings. The largest absolute Gasteiger partial charge is 1.00 e. The van der Waals surface area contributed by atoms with Gasteiger partial charge in [-0.1, -0.05) is 0 Å². The fourth-order valence-electron chi connectivity index (χ4n) is 0.497. The number of quaternary nitrogens is 1. The lowest BCUT2D eigenvalue weighted by molar-refractivity contribution is -1.06. The van der Waals surface area contributed by atoms with E-state index >= 15 is 0 Å². The van der Waals surface area contributed by atoms with Crippen LogP contribution in [0.2, 0.25) is 0 Å². The van der Waals surface area contributed by atoms with Crippen molar-refractivity contribution in [2.24, 2.45) is 0 Å². The number of nitrogens with zero attached hydrogens (tertiary/aromatic N) is 1. The molecule has 5 heteroatoms. The van der Waals surface area contributed by atoms with E-state index in [0.717, 1.165) is 0 Å². The first-order valence-electron chi connectivity index (χ1n) is 3.51. The zero-order valence-electron chi connectivity index (χ0n) is 7.96. The average molecular weight is 289 g/mol. The fraction of sp³-hybridized carbons (Fsp3) is 0.857. The van der Waals surface area contributed by atoms with E-state index in [2.05, 4.69) is 4.74 Å². The number of rotatable bonds is 4. The molecule has 0 bridgehead atoms. The second-order valence-corrected chi connectivity index (χ2v) is 3.06. The van der Waals surface area contributed by atoms with E-state index in [4.69, 9.17) is 4.84 Å². The van der Waals surface area contributed by atoms with Gasteiger partial charge in [-0.3, -0.25) is 4.79 Å². The summed E-state index contributed by atoms with van der Waals surface area (Å²) in [4.78, 5) is 15.5. The topological polar surface area (TPSA) is 35.5 Å². The second kappa shape index (κ2) is 6.62. The molecule has 0 aliphatic heterocycles. The van der Waals surface area contributed by atoms with Crippen LogP contribution < -0.4 is 24.0 Å². The molecule has 0 aromatic heterocycles. The van der Waals surface area contributed by atoms with E-state index < -0.39 is 0 Å². The first-order valence-corrected chi connectivity index (χ1v) is 3.51. The van der Waals surface area contributed by atoms with Crippen LogP contribution in [0.3, 0.4) is 0 Å². The van der Waals surface area contributed by atoms with Gasteiger partial charge in [-0.05, 0) is 0 Å². The molecule has 0 aliphatic carbocycles. The normalized spacial score (nSPS) is 10.3. The quantitative estimate of drug-likeness (QED) is 0.184. The van der Waals surface area contributed by atoms with E-state index in [1.807, 2.05) is 21.1 Å². The van der Waals surface area contributed by atoms with Crippen LogP contribution in [0.15, 0.2) is 0 Å². The van der Waals surface area contributed by atoms with E-state index in [1.165, 1.54) is 6.92 Å². The number of esters is 1. The summed E-state index contributed by atoms with van der Waals surface area (Å²) in [6.07, 6.45) is 0. The van der Waals surface area contributed by atoms with Crippen molar-refractivity contribution in [3.05, 3.63) is 0 Å². The summed E-state index contributed by atoms with van der Waals surface area (Å²) in [5.74, 6) is -0.269. The standard InChI is InChI=1S/C7H16NO3.HI/c1-7(9)10-5-6-11-8(2,3)4;/h5-6H2,1-4H3;1H/q+1;/p-1. The number of carbonyl (C=O) groups excluding carboxylic acids is 1. The highest BCUT2D eigenvalue weighted by Gasteiger charge is 2.07. The molecule has 12 heavy (non-hydrogen) atoms. The molecule has 0 spiro atoms. The van der Waals surface area contributed by atoms with Crippen molar-refractivity contribution in [2.45, 2.75) is 6.92 Å². The molecule has 0 aliphatic rings. The van der Waals surface area contributed by atoms with Crippen LogP contribution in [0, 0.1) is 0 Å². The zero-order valence-corrected chi connectivity index (χ0v) is 10.1. The summed E-state index contributed by atoms with van der Waals surface area (Å²) in [7, 11) is 5.69. The number of hydroxylamine groups is 3. The number of halogens is 1. The summed E-state index contributed by atoms with van der Waals surface area (Å²) >= 11 is 0. The van der Waals surface area contributed by atoms with Gasteiger partial charge in [-0.25, -0.2) is 4.84 Å². The molecular weight excluding hydrogens is 273 g/mol. The number of hydrogen-bond donors (Lipinski definition) is 0. The van der Waals surface area contributed by atoms with E-state index in [1.54, 1.807) is 0 Å². The Kier molecular flexibility index (Phi) is 8.07. The Bertz CT molecular complexity index is 133. The van der Waals surface area contributed by atoms with E-state index in [0.29, 0.717) is 17.9 Å². The lowest BCUT2D eigenvalue weighted by Gasteiger charge is -2.20. The third-order valence-electron chi connectivity index (χ3n) is 0.867. The van der Waals surface area contributed by atoms with Crippen LogP contribution in [0.5, 0.6) is 0 Å². The van der Waals surface area contributed by atoms with Crippen molar-refractivity contribution < 1.29 is 43.0 Å². The Hall–Kier alpha value is 0.120. The predicted molar refractivity (Wildman–Crippen MR) is 40.6 cm³/mol. The van der Waals surface area contributed by atoms with Crippen molar-refractivity contribution in [2.75, 3.05) is 34.4 Å². The molecule has 0 N–H and O–H groups in total. The molecule has 0 amide bonds. The minimum absolute atomic E-state index is 0. The van der Waals surface area contributed by atoms with Gasteiger partial charge in [0.1, 0.15) is 13.2 Å². The minimum Gasteiger partial charge on any atom is -1.00 e. The second-order valence-electron chi connectivity index (χ2n) is 3.06. The molecule has 0 atom stereocenters. The average Bonchev–Trinajstić information content (AvgIpc) is 1.78. The van der Waals surface area contributed by atoms with Gasteiger partial charge < -0.3 is 28.7 Å². The number of hydrogen-bond acceptors (Lipinski definition) is 3. The van der Waals surface area contributed by atoms with Gasteiger partial charge in [0.15, 0.2) is 0 Å². The monoisotopic (exact) mass is 289 g/mol. The molecule has 0 saturated heterocycles. The molecule has 0 saturated carbocycles. The first-order chi connectivity index (χ1) is 4.92. The van der Waals surface area contributed by atoms with Gasteiger partial charge in [-0.15, -0.1) is 0 Å². The van der Waals surface area contributed by atoms with Crippen molar-refractivity contribution >= 4 is 5.97 Å². The van der Waals surface area contributed by atoms with Gasteiger partial charge >= 0.3 is 5.97 Å². The molecule has 74 valence electrons. The maximum absolute atomic E-state index is 10.3. The Morgan fingerprint density at radius 2 is 1.75 bits per heavy atom. The molecular formula is C7H16INO3. The highest BCUT2D eigenvalue weighted by atomic mass is 127. The van der Waals surface area contributed by atoms with E-state index in [9.17, 15) is 4.79 Å². The molecule has 4 nitrogen and oxygen atoms in total. The summed E-state index contributed by atoms with van der Waals surface area (Å²) in [5, 5.41) is 0. The van der Waals surface area contributed by atoms with Gasteiger partial charge in [0.25, 0.3) is 0 Å². The maximum Gasteiger partial charge on any atom is 0.302 e. The van der Waals surface area contributed by atoms with Crippen LogP contribution in [-0.4, -0.2) is 45.0 Å². The lowest BCUT2D eigenvalue weighted by Crippen LogP contribution is -3.00. The minimum atomic E-state index is -0.269. The Morgan fingerprint density at radius 3 is 2.08 bits per heavy atom. The van der Waals surface area contributed by atoms with Crippen LogP contribution in [0.25, 0.3) is 0 Å². The highest BCUT2D eigenvalue weighted by Crippen LogP contribution is 1.91. The number of carbonyl (C=O) groups is 1. The van der Waals surface area contributed by atoms with Crippen LogP contribution in [0.1, 0.15) is 6.92 Å². The summed E-state index contributed by atoms with van der Waals surface area (Å²) in [6.45, 7) is 2.14. The van der Waals surface area contributed by atoms with Crippen molar-refractivity contribution in [3.8, 4) is 0 Å². The molecule has 0 aromatic carbocycles. The molecule has 0 heterocycles. The van der Waals surface area contributed by atoms with E-state index in [-0.39, 0.29) is 29.9 Å². The summed E-state index contributed by atoms with van der Waals surface area (Å²) in [6, 6.07) is 0. The summed E-state index contributed by atoms with van der Waals surface area (Å²) in [5.41, 5.74) is 0. The zero-order chi connectivity index (χ0) is 8.91. The first kappa shape index (κ1) is 14.6. The van der Waals surface area contributed by atoms with Crippen molar-refractivity contribution in [1.29, 1.82) is 0 Å². The molecule has 0 unspecified atom stereocenters. The molecule has 0 aromatic rings. The fourth-order valence-corrected chi connectivity index (χ4v) is 0.497. The summed E-state index contributed by atoms with van der Waals surface area (Å²) < 4.78 is 5.08. The Morgan fingerprint density at radius 1 is 1.25 bits per heavy atom. The SMILES string of the molecule is CC(=O)OCCO[N+](C)(C)C.[I-]. The third-order valence-corrected chi connectivity index (χ3v) is 0.867. The molecule has 0 rings (SSSR count). The third kappa shape index (κ3) is 12.8. The van der Waals surface area contributed by atoms with Crippen LogP contribution in [0.4, 0.5) is 0 Å². The van der Waals surface area contributed by atoms with Gasteiger partial charge in [0, 0.05) is 6.92 Å². The highest BCUT2D eigenvalue weighted by molar-refractivity contribution is 5.65. The lowest BCUT2D eigenvalue weighted by atomic mass is 10.7. The van der Waals surface area contributed by atoms with Crippen LogP contribution >= 0.6 is 0 Å². The van der Waals surface area contributed by atoms with Gasteiger partial charge in [0.05, 0.1) is 21.1 Å². The van der Waals surface area contributed by atoms with Crippen molar-refractivity contribution in [1.82, 2.24) is 0 Å². The predicted octanol–water partition coefficient (Wildman–Crippen LogP) is -2.81. The number of ether oxygens (including phenoxy) is 1. The maximum atomic E-state index is 10.3.